The molecule has 2 aromatic carbocycles. The van der Waals surface area contributed by atoms with Crippen LogP contribution in [-0.2, 0) is 5.60 Å². The Morgan fingerprint density at radius 2 is 1.82 bits per heavy atom. The summed E-state index contributed by atoms with van der Waals surface area (Å²) < 4.78 is 15.6. The zero-order valence-electron chi connectivity index (χ0n) is 15.0. The lowest BCUT2D eigenvalue weighted by Gasteiger charge is -2.25. The Bertz CT molecular complexity index is 1140. The summed E-state index contributed by atoms with van der Waals surface area (Å²) in [7, 11) is 0. The normalized spacial score (nSPS) is 13.4. The number of fused-ring (bicyclic) bond motifs is 1. The van der Waals surface area contributed by atoms with Gasteiger partial charge < -0.3 is 10.4 Å². The number of rotatable bonds is 5. The number of nitrogens with one attached hydrogen (secondary N) is 1. The van der Waals surface area contributed by atoms with Crippen LogP contribution in [0.3, 0.4) is 0 Å². The molecule has 0 aliphatic carbocycles. The molecule has 0 amide bonds. The third-order valence-electron chi connectivity index (χ3n) is 4.45. The van der Waals surface area contributed by atoms with Crippen LogP contribution in [0.5, 0.6) is 0 Å². The van der Waals surface area contributed by atoms with Crippen molar-refractivity contribution in [3.63, 3.8) is 0 Å². The van der Waals surface area contributed by atoms with E-state index < -0.39 is 11.4 Å². The number of benzene rings is 2. The highest BCUT2D eigenvalue weighted by atomic mass is 35.5. The molecule has 0 fully saturated rings. The van der Waals surface area contributed by atoms with E-state index >= 15 is 0 Å². The minimum absolute atomic E-state index is 0.173. The largest absolute Gasteiger partial charge is 0.384 e. The second-order valence-electron chi connectivity index (χ2n) is 6.60. The lowest BCUT2D eigenvalue weighted by Crippen LogP contribution is -2.31. The third-order valence-corrected chi connectivity index (χ3v) is 4.77. The fourth-order valence-electron chi connectivity index (χ4n) is 2.95. The average Bonchev–Trinajstić information content (AvgIpc) is 3.10. The molecule has 0 saturated heterocycles. The standard InChI is InChI=1S/C20H17ClFN5O/c1-20(28,14-7-3-4-8-15(14)21)12-23-17-10-11-18-24-25-19(27(18)26-17)13-6-2-5-9-16(13)22/h2-11,28H,12H2,1H3,(H,23,26). The van der Waals surface area contributed by atoms with Crippen molar-refractivity contribution in [1.82, 2.24) is 19.8 Å². The van der Waals surface area contributed by atoms with Crippen LogP contribution in [0.25, 0.3) is 17.0 Å². The number of hydrogen-bond acceptors (Lipinski definition) is 5. The lowest BCUT2D eigenvalue weighted by molar-refractivity contribution is 0.0715. The van der Waals surface area contributed by atoms with Crippen LogP contribution in [0.15, 0.2) is 60.7 Å². The van der Waals surface area contributed by atoms with Crippen molar-refractivity contribution in [2.75, 3.05) is 11.9 Å². The Kier molecular flexibility index (Phi) is 4.70. The molecule has 2 heterocycles. The van der Waals surface area contributed by atoms with Gasteiger partial charge in [-0.3, -0.25) is 0 Å². The molecule has 4 aromatic rings. The van der Waals surface area contributed by atoms with E-state index in [0.717, 1.165) is 0 Å². The predicted molar refractivity (Wildman–Crippen MR) is 106 cm³/mol. The van der Waals surface area contributed by atoms with Crippen molar-refractivity contribution < 1.29 is 9.50 Å². The van der Waals surface area contributed by atoms with Crippen LogP contribution in [0.1, 0.15) is 12.5 Å². The van der Waals surface area contributed by atoms with E-state index in [-0.39, 0.29) is 6.54 Å². The highest BCUT2D eigenvalue weighted by Crippen LogP contribution is 2.28. The van der Waals surface area contributed by atoms with E-state index in [4.69, 9.17) is 11.6 Å². The zero-order valence-corrected chi connectivity index (χ0v) is 15.7. The van der Waals surface area contributed by atoms with E-state index in [9.17, 15) is 9.50 Å². The third kappa shape index (κ3) is 3.42. The van der Waals surface area contributed by atoms with Crippen LogP contribution < -0.4 is 5.32 Å². The molecule has 0 aliphatic rings. The molecule has 0 spiro atoms. The zero-order chi connectivity index (χ0) is 19.7. The smallest absolute Gasteiger partial charge is 0.188 e. The Morgan fingerprint density at radius 3 is 2.61 bits per heavy atom. The first-order valence-corrected chi connectivity index (χ1v) is 9.02. The van der Waals surface area contributed by atoms with Crippen LogP contribution in [0.2, 0.25) is 5.02 Å². The molecule has 1 atom stereocenters. The Balaban J connectivity index is 1.63. The average molecular weight is 398 g/mol. The van der Waals surface area contributed by atoms with Gasteiger partial charge in [0.25, 0.3) is 0 Å². The van der Waals surface area contributed by atoms with Crippen LogP contribution in [-0.4, -0.2) is 31.5 Å². The quantitative estimate of drug-likeness (QED) is 0.534. The van der Waals surface area contributed by atoms with Gasteiger partial charge in [-0.05, 0) is 37.3 Å². The Hall–Kier alpha value is -3.03. The minimum atomic E-state index is -1.21. The summed E-state index contributed by atoms with van der Waals surface area (Å²) in [6.45, 7) is 1.84. The van der Waals surface area contributed by atoms with Gasteiger partial charge in [0.1, 0.15) is 17.2 Å². The van der Waals surface area contributed by atoms with Gasteiger partial charge in [-0.2, -0.15) is 4.52 Å². The summed E-state index contributed by atoms with van der Waals surface area (Å²) in [5.41, 5.74) is 0.197. The molecule has 0 saturated carbocycles. The van der Waals surface area contributed by atoms with Crippen molar-refractivity contribution in [2.24, 2.45) is 0 Å². The van der Waals surface area contributed by atoms with Gasteiger partial charge in [-0.1, -0.05) is 41.9 Å². The monoisotopic (exact) mass is 397 g/mol. The second kappa shape index (κ2) is 7.18. The van der Waals surface area contributed by atoms with Crippen molar-refractivity contribution >= 4 is 23.1 Å². The van der Waals surface area contributed by atoms with Crippen LogP contribution in [0, 0.1) is 5.82 Å². The maximum absolute atomic E-state index is 14.1. The first-order valence-electron chi connectivity index (χ1n) is 8.64. The number of nitrogens with zero attached hydrogens (tertiary/aromatic N) is 4. The number of halogens is 2. The summed E-state index contributed by atoms with van der Waals surface area (Å²) in [6.07, 6.45) is 0. The summed E-state index contributed by atoms with van der Waals surface area (Å²) >= 11 is 6.20. The first kappa shape index (κ1) is 18.3. The molecule has 142 valence electrons. The van der Waals surface area contributed by atoms with Gasteiger partial charge in [0, 0.05) is 17.1 Å². The van der Waals surface area contributed by atoms with Gasteiger partial charge in [0.2, 0.25) is 0 Å². The van der Waals surface area contributed by atoms with Crippen molar-refractivity contribution in [3.05, 3.63) is 77.1 Å². The van der Waals surface area contributed by atoms with E-state index in [2.05, 4.69) is 20.6 Å². The van der Waals surface area contributed by atoms with Gasteiger partial charge in [0.05, 0.1) is 5.56 Å². The Labute approximate surface area is 165 Å². The number of anilines is 1. The maximum atomic E-state index is 14.1. The SMILES string of the molecule is CC(O)(CNc1ccc2nnc(-c3ccccc3F)n2n1)c1ccccc1Cl. The summed E-state index contributed by atoms with van der Waals surface area (Å²) in [6, 6.07) is 16.9. The summed E-state index contributed by atoms with van der Waals surface area (Å²) in [4.78, 5) is 0. The van der Waals surface area contributed by atoms with Crippen LogP contribution >= 0.6 is 11.6 Å². The maximum Gasteiger partial charge on any atom is 0.188 e. The summed E-state index contributed by atoms with van der Waals surface area (Å²) in [5, 5.41) is 26.9. The molecule has 8 heteroatoms. The molecule has 2 aromatic heterocycles. The fourth-order valence-corrected chi connectivity index (χ4v) is 3.29. The minimum Gasteiger partial charge on any atom is -0.384 e. The molecular weight excluding hydrogens is 381 g/mol. The molecular formula is C20H17ClFN5O. The molecule has 28 heavy (non-hydrogen) atoms. The lowest BCUT2D eigenvalue weighted by atomic mass is 9.96. The van der Waals surface area contributed by atoms with Crippen LogP contribution in [0.4, 0.5) is 10.2 Å². The number of hydrogen-bond donors (Lipinski definition) is 2. The Morgan fingerprint density at radius 1 is 1.07 bits per heavy atom. The van der Waals surface area contributed by atoms with Crippen molar-refractivity contribution in [1.29, 1.82) is 0 Å². The molecule has 0 bridgehead atoms. The van der Waals surface area contributed by atoms with E-state index in [1.807, 2.05) is 6.07 Å². The molecule has 2 N–H and O–H groups in total. The predicted octanol–water partition coefficient (Wildman–Crippen LogP) is 3.90. The van der Waals surface area contributed by atoms with Gasteiger partial charge in [0.15, 0.2) is 11.5 Å². The van der Waals surface area contributed by atoms with E-state index in [0.29, 0.717) is 33.4 Å². The van der Waals surface area contributed by atoms with Gasteiger partial charge >= 0.3 is 0 Å². The van der Waals surface area contributed by atoms with Gasteiger partial charge in [-0.25, -0.2) is 4.39 Å². The highest BCUT2D eigenvalue weighted by molar-refractivity contribution is 6.31. The summed E-state index contributed by atoms with van der Waals surface area (Å²) in [5.74, 6) is 0.380. The second-order valence-corrected chi connectivity index (χ2v) is 7.01. The highest BCUT2D eigenvalue weighted by Gasteiger charge is 2.25. The number of aromatic nitrogens is 4. The van der Waals surface area contributed by atoms with Crippen molar-refractivity contribution in [3.8, 4) is 11.4 Å². The topological polar surface area (TPSA) is 75.3 Å². The van der Waals surface area contributed by atoms with E-state index in [1.165, 1.54) is 10.6 Å². The van der Waals surface area contributed by atoms with E-state index in [1.54, 1.807) is 55.5 Å². The number of aliphatic hydroxyl groups is 1. The molecule has 4 rings (SSSR count). The first-order chi connectivity index (χ1) is 13.5. The van der Waals surface area contributed by atoms with Gasteiger partial charge in [-0.15, -0.1) is 15.3 Å². The molecule has 6 nitrogen and oxygen atoms in total. The fraction of sp³-hybridized carbons (Fsp3) is 0.150. The molecule has 1 unspecified atom stereocenters. The molecule has 0 aliphatic heterocycles. The van der Waals surface area contributed by atoms with Crippen molar-refractivity contribution in [2.45, 2.75) is 12.5 Å². The molecule has 0 radical (unpaired) electrons.